The summed E-state index contributed by atoms with van der Waals surface area (Å²) < 4.78 is 38.3. The molecule has 0 bridgehead atoms. The number of anilines is 2. The number of nitrogens with two attached hydrogens (primary N) is 1. The Morgan fingerprint density at radius 2 is 1.95 bits per heavy atom. The fourth-order valence-electron chi connectivity index (χ4n) is 1.78. The highest BCUT2D eigenvalue weighted by atomic mass is 32.1. The van der Waals surface area contributed by atoms with Crippen LogP contribution in [0.15, 0.2) is 36.5 Å². The monoisotopic (exact) mass is 311 g/mol. The highest BCUT2D eigenvalue weighted by Gasteiger charge is 2.30. The first-order valence-electron chi connectivity index (χ1n) is 5.98. The van der Waals surface area contributed by atoms with E-state index in [2.05, 4.69) is 10.3 Å². The van der Waals surface area contributed by atoms with Gasteiger partial charge in [-0.3, -0.25) is 4.98 Å². The zero-order valence-electron chi connectivity index (χ0n) is 11.0. The van der Waals surface area contributed by atoms with Crippen molar-refractivity contribution in [1.29, 1.82) is 0 Å². The van der Waals surface area contributed by atoms with E-state index in [1.54, 1.807) is 19.1 Å². The van der Waals surface area contributed by atoms with Gasteiger partial charge in [0.1, 0.15) is 10.7 Å². The maximum absolute atomic E-state index is 12.8. The van der Waals surface area contributed by atoms with Crippen LogP contribution in [0.2, 0.25) is 0 Å². The molecule has 0 aliphatic carbocycles. The van der Waals surface area contributed by atoms with E-state index < -0.39 is 11.7 Å². The van der Waals surface area contributed by atoms with Crippen LogP contribution in [0.3, 0.4) is 0 Å². The Kier molecular flexibility index (Phi) is 4.13. The number of hydrogen-bond donors (Lipinski definition) is 2. The van der Waals surface area contributed by atoms with E-state index in [1.807, 2.05) is 0 Å². The number of hydrogen-bond acceptors (Lipinski definition) is 3. The van der Waals surface area contributed by atoms with Crippen LogP contribution in [-0.4, -0.2) is 9.97 Å². The second kappa shape index (κ2) is 5.69. The highest BCUT2D eigenvalue weighted by molar-refractivity contribution is 7.80. The fourth-order valence-corrected chi connectivity index (χ4v) is 1.94. The highest BCUT2D eigenvalue weighted by Crippen LogP contribution is 2.33. The van der Waals surface area contributed by atoms with Crippen molar-refractivity contribution >= 4 is 28.6 Å². The molecule has 3 nitrogen and oxygen atoms in total. The van der Waals surface area contributed by atoms with Gasteiger partial charge in [-0.2, -0.15) is 13.2 Å². The molecular weight excluding hydrogens is 299 g/mol. The topological polar surface area (TPSA) is 50.9 Å². The first-order valence-corrected chi connectivity index (χ1v) is 6.39. The van der Waals surface area contributed by atoms with Crippen molar-refractivity contribution in [3.63, 3.8) is 0 Å². The molecular formula is C14H12F3N3S. The quantitative estimate of drug-likeness (QED) is 0.847. The third-order valence-corrected chi connectivity index (χ3v) is 3.07. The minimum Gasteiger partial charge on any atom is -0.388 e. The molecule has 0 aliphatic rings. The normalized spacial score (nSPS) is 11.2. The smallest absolute Gasteiger partial charge is 0.388 e. The SMILES string of the molecule is Cc1ccc(C(F)(F)F)cc1Nc1cccnc1C(N)=S. The van der Waals surface area contributed by atoms with Crippen molar-refractivity contribution in [3.8, 4) is 0 Å². The molecule has 0 saturated heterocycles. The predicted molar refractivity (Wildman–Crippen MR) is 79.6 cm³/mol. The number of halogens is 3. The Morgan fingerprint density at radius 3 is 2.57 bits per heavy atom. The molecule has 1 aromatic heterocycles. The number of nitrogens with one attached hydrogen (secondary N) is 1. The first kappa shape index (κ1) is 15.2. The molecule has 0 spiro atoms. The lowest BCUT2D eigenvalue weighted by molar-refractivity contribution is -0.137. The molecule has 1 heterocycles. The summed E-state index contributed by atoms with van der Waals surface area (Å²) in [6.45, 7) is 1.71. The minimum absolute atomic E-state index is 0.0720. The van der Waals surface area contributed by atoms with Gasteiger partial charge in [0.05, 0.1) is 11.3 Å². The fraction of sp³-hybridized carbons (Fsp3) is 0.143. The third-order valence-electron chi connectivity index (χ3n) is 2.88. The molecule has 1 aromatic carbocycles. The molecule has 2 aromatic rings. The number of aryl methyl sites for hydroxylation is 1. The summed E-state index contributed by atoms with van der Waals surface area (Å²) in [5, 5.41) is 2.90. The van der Waals surface area contributed by atoms with Gasteiger partial charge in [0.2, 0.25) is 0 Å². The summed E-state index contributed by atoms with van der Waals surface area (Å²) in [5.74, 6) is 0. The first-order chi connectivity index (χ1) is 9.79. The maximum Gasteiger partial charge on any atom is 0.416 e. The lowest BCUT2D eigenvalue weighted by Crippen LogP contribution is -2.14. The molecule has 0 radical (unpaired) electrons. The van der Waals surface area contributed by atoms with E-state index in [-0.39, 0.29) is 4.99 Å². The third kappa shape index (κ3) is 3.49. The summed E-state index contributed by atoms with van der Waals surface area (Å²) in [6, 6.07) is 6.79. The molecule has 0 saturated carbocycles. The maximum atomic E-state index is 12.8. The largest absolute Gasteiger partial charge is 0.416 e. The van der Waals surface area contributed by atoms with Crippen LogP contribution in [0, 0.1) is 6.92 Å². The minimum atomic E-state index is -4.40. The van der Waals surface area contributed by atoms with Gasteiger partial charge in [0.15, 0.2) is 0 Å². The molecule has 7 heteroatoms. The molecule has 0 atom stereocenters. The van der Waals surface area contributed by atoms with Crippen molar-refractivity contribution in [2.45, 2.75) is 13.1 Å². The summed E-state index contributed by atoms with van der Waals surface area (Å²) in [7, 11) is 0. The van der Waals surface area contributed by atoms with Crippen LogP contribution < -0.4 is 11.1 Å². The summed E-state index contributed by atoms with van der Waals surface area (Å²) in [4.78, 5) is 4.10. The van der Waals surface area contributed by atoms with Gasteiger partial charge < -0.3 is 11.1 Å². The van der Waals surface area contributed by atoms with E-state index in [9.17, 15) is 13.2 Å². The van der Waals surface area contributed by atoms with Crippen LogP contribution in [-0.2, 0) is 6.18 Å². The van der Waals surface area contributed by atoms with Crippen LogP contribution in [0.4, 0.5) is 24.5 Å². The molecule has 0 aliphatic heterocycles. The van der Waals surface area contributed by atoms with Crippen molar-refractivity contribution in [2.24, 2.45) is 5.73 Å². The molecule has 21 heavy (non-hydrogen) atoms. The average molecular weight is 311 g/mol. The number of alkyl halides is 3. The molecule has 2 rings (SSSR count). The van der Waals surface area contributed by atoms with E-state index in [1.165, 1.54) is 12.3 Å². The van der Waals surface area contributed by atoms with Gasteiger partial charge in [0.25, 0.3) is 0 Å². The standard InChI is InChI=1S/C14H12F3N3S/c1-8-4-5-9(14(15,16)17)7-11(8)20-10-3-2-6-19-12(10)13(18)21/h2-7,20H,1H3,(H2,18,21). The average Bonchev–Trinajstić information content (AvgIpc) is 2.40. The van der Waals surface area contributed by atoms with Gasteiger partial charge in [-0.05, 0) is 36.8 Å². The van der Waals surface area contributed by atoms with E-state index in [0.717, 1.165) is 12.1 Å². The molecule has 0 fully saturated rings. The Balaban J connectivity index is 2.43. The molecule has 3 N–H and O–H groups in total. The lowest BCUT2D eigenvalue weighted by Gasteiger charge is -2.15. The summed E-state index contributed by atoms with van der Waals surface area (Å²) in [6.07, 6.45) is -2.89. The van der Waals surface area contributed by atoms with Crippen LogP contribution in [0.1, 0.15) is 16.8 Å². The van der Waals surface area contributed by atoms with Gasteiger partial charge >= 0.3 is 6.18 Å². The second-order valence-electron chi connectivity index (χ2n) is 4.42. The van der Waals surface area contributed by atoms with Crippen molar-refractivity contribution in [1.82, 2.24) is 4.98 Å². The van der Waals surface area contributed by atoms with Crippen molar-refractivity contribution < 1.29 is 13.2 Å². The summed E-state index contributed by atoms with van der Waals surface area (Å²) in [5.41, 5.74) is 6.63. The van der Waals surface area contributed by atoms with Gasteiger partial charge in [0, 0.05) is 11.9 Å². The van der Waals surface area contributed by atoms with Crippen molar-refractivity contribution in [2.75, 3.05) is 5.32 Å². The number of benzene rings is 1. The Bertz CT molecular complexity index is 683. The second-order valence-corrected chi connectivity index (χ2v) is 4.86. The number of rotatable bonds is 3. The van der Waals surface area contributed by atoms with Gasteiger partial charge in [-0.25, -0.2) is 0 Å². The Morgan fingerprint density at radius 1 is 1.24 bits per heavy atom. The van der Waals surface area contributed by atoms with Crippen LogP contribution in [0.5, 0.6) is 0 Å². The number of thiocarbonyl (C=S) groups is 1. The zero-order chi connectivity index (χ0) is 15.6. The van der Waals surface area contributed by atoms with E-state index in [4.69, 9.17) is 18.0 Å². The van der Waals surface area contributed by atoms with Crippen molar-refractivity contribution in [3.05, 3.63) is 53.3 Å². The van der Waals surface area contributed by atoms with E-state index in [0.29, 0.717) is 22.6 Å². The molecule has 0 unspecified atom stereocenters. The van der Waals surface area contributed by atoms with Crippen LogP contribution >= 0.6 is 12.2 Å². The lowest BCUT2D eigenvalue weighted by atomic mass is 10.1. The molecule has 0 amide bonds. The number of pyridine rings is 1. The van der Waals surface area contributed by atoms with Crippen LogP contribution in [0.25, 0.3) is 0 Å². The summed E-state index contributed by atoms with van der Waals surface area (Å²) >= 11 is 4.88. The number of aromatic nitrogens is 1. The Labute approximate surface area is 125 Å². The van der Waals surface area contributed by atoms with Gasteiger partial charge in [-0.15, -0.1) is 0 Å². The van der Waals surface area contributed by atoms with E-state index >= 15 is 0 Å². The van der Waals surface area contributed by atoms with Gasteiger partial charge in [-0.1, -0.05) is 18.3 Å². The number of nitrogens with zero attached hydrogens (tertiary/aromatic N) is 1. The molecule has 110 valence electrons. The predicted octanol–water partition coefficient (Wildman–Crippen LogP) is 3.79. The zero-order valence-corrected chi connectivity index (χ0v) is 11.8. The Hall–Kier alpha value is -2.15.